The van der Waals surface area contributed by atoms with Gasteiger partial charge in [-0.2, -0.15) is 0 Å². The van der Waals surface area contributed by atoms with E-state index >= 15 is 0 Å². The van der Waals surface area contributed by atoms with Gasteiger partial charge in [0.05, 0.1) is 4.92 Å². The molecule has 7 heteroatoms. The highest BCUT2D eigenvalue weighted by Gasteiger charge is 2.30. The lowest BCUT2D eigenvalue weighted by Gasteiger charge is -2.28. The highest BCUT2D eigenvalue weighted by atomic mass is 79.9. The Morgan fingerprint density at radius 3 is 2.62 bits per heavy atom. The number of nitro benzene ring substituents is 1. The number of anilines is 1. The first-order valence-corrected chi connectivity index (χ1v) is 7.49. The van der Waals surface area contributed by atoms with Crippen LogP contribution >= 0.6 is 15.9 Å². The molecular weight excluding hydrogens is 338 g/mol. The normalized spacial score (nSPS) is 12.6. The number of nitrogens with one attached hydrogen (secondary N) is 2. The summed E-state index contributed by atoms with van der Waals surface area (Å²) < 4.78 is 0.703. The maximum Gasteiger partial charge on any atom is 0.292 e. The van der Waals surface area contributed by atoms with E-state index in [1.807, 2.05) is 13.8 Å². The van der Waals surface area contributed by atoms with E-state index < -0.39 is 10.5 Å². The van der Waals surface area contributed by atoms with Crippen LogP contribution in [0.2, 0.25) is 0 Å². The van der Waals surface area contributed by atoms with Crippen molar-refractivity contribution in [2.45, 2.75) is 45.7 Å². The molecule has 0 spiro atoms. The fourth-order valence-corrected chi connectivity index (χ4v) is 2.03. The standard InChI is InChI=1S/C14H20BrN3O3/c1-5-9(2)16-13(19)14(3,4)17-11-8-10(15)6-7-12(11)18(20)21/h6-9,17H,5H2,1-4H3,(H,16,19). The molecule has 1 aromatic carbocycles. The second-order valence-corrected chi connectivity index (χ2v) is 6.37. The highest BCUT2D eigenvalue weighted by Crippen LogP contribution is 2.30. The van der Waals surface area contributed by atoms with Gasteiger partial charge < -0.3 is 10.6 Å². The van der Waals surface area contributed by atoms with Crippen molar-refractivity contribution < 1.29 is 9.72 Å². The molecule has 0 radical (unpaired) electrons. The van der Waals surface area contributed by atoms with Crippen molar-refractivity contribution in [1.29, 1.82) is 0 Å². The van der Waals surface area contributed by atoms with E-state index in [2.05, 4.69) is 26.6 Å². The molecule has 1 aromatic rings. The zero-order valence-corrected chi connectivity index (χ0v) is 14.2. The lowest BCUT2D eigenvalue weighted by molar-refractivity contribution is -0.384. The maximum absolute atomic E-state index is 12.2. The van der Waals surface area contributed by atoms with E-state index in [9.17, 15) is 14.9 Å². The van der Waals surface area contributed by atoms with Crippen LogP contribution in [0.4, 0.5) is 11.4 Å². The second-order valence-electron chi connectivity index (χ2n) is 5.45. The number of nitrogens with zero attached hydrogens (tertiary/aromatic N) is 1. The summed E-state index contributed by atoms with van der Waals surface area (Å²) in [5, 5.41) is 16.9. The number of hydrogen-bond acceptors (Lipinski definition) is 4. The number of hydrogen-bond donors (Lipinski definition) is 2. The summed E-state index contributed by atoms with van der Waals surface area (Å²) in [4.78, 5) is 22.8. The average molecular weight is 358 g/mol. The van der Waals surface area contributed by atoms with Gasteiger partial charge in [0, 0.05) is 16.6 Å². The number of halogens is 1. The van der Waals surface area contributed by atoms with Crippen LogP contribution in [0.1, 0.15) is 34.1 Å². The van der Waals surface area contributed by atoms with Crippen molar-refractivity contribution in [2.24, 2.45) is 0 Å². The molecule has 0 aromatic heterocycles. The van der Waals surface area contributed by atoms with Crippen LogP contribution < -0.4 is 10.6 Å². The minimum atomic E-state index is -0.963. The van der Waals surface area contributed by atoms with Gasteiger partial charge in [0.25, 0.3) is 5.69 Å². The number of benzene rings is 1. The van der Waals surface area contributed by atoms with Gasteiger partial charge in [-0.25, -0.2) is 0 Å². The predicted molar refractivity (Wildman–Crippen MR) is 86.4 cm³/mol. The van der Waals surface area contributed by atoms with E-state index in [0.717, 1.165) is 6.42 Å². The zero-order valence-electron chi connectivity index (χ0n) is 12.6. The number of rotatable bonds is 6. The number of carbonyl (C=O) groups excluding carboxylic acids is 1. The average Bonchev–Trinajstić information content (AvgIpc) is 2.37. The SMILES string of the molecule is CCC(C)NC(=O)C(C)(C)Nc1cc(Br)ccc1[N+](=O)[O-]. The van der Waals surface area contributed by atoms with Gasteiger partial charge >= 0.3 is 0 Å². The Labute approximate surface area is 132 Å². The third kappa shape index (κ3) is 4.70. The molecule has 1 amide bonds. The number of carbonyl (C=O) groups is 1. The van der Waals surface area contributed by atoms with Gasteiger partial charge in [-0.1, -0.05) is 22.9 Å². The molecule has 21 heavy (non-hydrogen) atoms. The first-order valence-electron chi connectivity index (χ1n) is 6.70. The van der Waals surface area contributed by atoms with Gasteiger partial charge in [0.1, 0.15) is 11.2 Å². The largest absolute Gasteiger partial charge is 0.366 e. The molecule has 0 aliphatic heterocycles. The summed E-state index contributed by atoms with van der Waals surface area (Å²) in [5.41, 5.74) is -0.726. The predicted octanol–water partition coefficient (Wildman–Crippen LogP) is 3.46. The van der Waals surface area contributed by atoms with Crippen LogP contribution in [-0.2, 0) is 4.79 Å². The molecule has 0 aliphatic carbocycles. The molecule has 116 valence electrons. The summed E-state index contributed by atoms with van der Waals surface area (Å²) in [6.07, 6.45) is 0.818. The molecule has 0 fully saturated rings. The zero-order chi connectivity index (χ0) is 16.2. The van der Waals surface area contributed by atoms with Crippen LogP contribution in [0.5, 0.6) is 0 Å². The molecule has 6 nitrogen and oxygen atoms in total. The Morgan fingerprint density at radius 1 is 1.48 bits per heavy atom. The van der Waals surface area contributed by atoms with Crippen LogP contribution in [0, 0.1) is 10.1 Å². The Hall–Kier alpha value is -1.63. The van der Waals surface area contributed by atoms with Crippen molar-refractivity contribution in [1.82, 2.24) is 5.32 Å². The minimum Gasteiger partial charge on any atom is -0.366 e. The quantitative estimate of drug-likeness (QED) is 0.603. The number of amides is 1. The third-order valence-corrected chi connectivity index (χ3v) is 3.65. The summed E-state index contributed by atoms with van der Waals surface area (Å²) in [7, 11) is 0. The molecule has 1 atom stereocenters. The molecule has 2 N–H and O–H groups in total. The van der Waals surface area contributed by atoms with Crippen molar-refractivity contribution in [3.63, 3.8) is 0 Å². The first-order chi connectivity index (χ1) is 9.67. The molecule has 1 rings (SSSR count). The van der Waals surface area contributed by atoms with Crippen LogP contribution in [0.25, 0.3) is 0 Å². The Balaban J connectivity index is 3.00. The summed E-state index contributed by atoms with van der Waals surface area (Å²) in [6.45, 7) is 7.27. The van der Waals surface area contributed by atoms with Gasteiger partial charge in [-0.3, -0.25) is 14.9 Å². The van der Waals surface area contributed by atoms with Crippen molar-refractivity contribution >= 4 is 33.2 Å². The molecule has 0 heterocycles. The van der Waals surface area contributed by atoms with E-state index in [-0.39, 0.29) is 17.6 Å². The third-order valence-electron chi connectivity index (χ3n) is 3.16. The molecular formula is C14H20BrN3O3. The highest BCUT2D eigenvalue weighted by molar-refractivity contribution is 9.10. The van der Waals surface area contributed by atoms with Crippen LogP contribution in [-0.4, -0.2) is 22.4 Å². The van der Waals surface area contributed by atoms with Crippen molar-refractivity contribution in [3.05, 3.63) is 32.8 Å². The fraction of sp³-hybridized carbons (Fsp3) is 0.500. The first kappa shape index (κ1) is 17.4. The Kier molecular flexibility index (Phi) is 5.71. The molecule has 0 saturated heterocycles. The smallest absolute Gasteiger partial charge is 0.292 e. The van der Waals surface area contributed by atoms with E-state index in [4.69, 9.17) is 0 Å². The van der Waals surface area contributed by atoms with Crippen molar-refractivity contribution in [3.8, 4) is 0 Å². The van der Waals surface area contributed by atoms with E-state index in [0.29, 0.717) is 10.2 Å². The van der Waals surface area contributed by atoms with Crippen LogP contribution in [0.3, 0.4) is 0 Å². The second kappa shape index (κ2) is 6.89. The number of nitro groups is 1. The lowest BCUT2D eigenvalue weighted by Crippen LogP contribution is -2.50. The van der Waals surface area contributed by atoms with Crippen LogP contribution in [0.15, 0.2) is 22.7 Å². The van der Waals surface area contributed by atoms with Gasteiger partial charge in [0.2, 0.25) is 5.91 Å². The fourth-order valence-electron chi connectivity index (χ4n) is 1.67. The monoisotopic (exact) mass is 357 g/mol. The Bertz CT molecular complexity index is 546. The van der Waals surface area contributed by atoms with E-state index in [1.54, 1.807) is 26.0 Å². The van der Waals surface area contributed by atoms with E-state index in [1.165, 1.54) is 6.07 Å². The molecule has 0 aliphatic rings. The lowest BCUT2D eigenvalue weighted by atomic mass is 10.0. The summed E-state index contributed by atoms with van der Waals surface area (Å²) in [6, 6.07) is 4.64. The summed E-state index contributed by atoms with van der Waals surface area (Å²) in [5.74, 6) is -0.203. The Morgan fingerprint density at radius 2 is 2.10 bits per heavy atom. The summed E-state index contributed by atoms with van der Waals surface area (Å²) >= 11 is 3.28. The topological polar surface area (TPSA) is 84.3 Å². The van der Waals surface area contributed by atoms with Crippen molar-refractivity contribution in [2.75, 3.05) is 5.32 Å². The van der Waals surface area contributed by atoms with Gasteiger partial charge in [-0.05, 0) is 39.3 Å². The molecule has 0 saturated carbocycles. The molecule has 1 unspecified atom stereocenters. The van der Waals surface area contributed by atoms with Gasteiger partial charge in [-0.15, -0.1) is 0 Å². The van der Waals surface area contributed by atoms with Gasteiger partial charge in [0.15, 0.2) is 0 Å². The maximum atomic E-state index is 12.2. The molecule has 0 bridgehead atoms. The minimum absolute atomic E-state index is 0.0519.